The van der Waals surface area contributed by atoms with Gasteiger partial charge in [0.2, 0.25) is 0 Å². The molecule has 2 nitrogen and oxygen atoms in total. The molecule has 126 valence electrons. The fourth-order valence-corrected chi connectivity index (χ4v) is 3.27. The van der Waals surface area contributed by atoms with E-state index in [1.54, 1.807) is 23.9 Å². The molecule has 3 aromatic carbocycles. The van der Waals surface area contributed by atoms with Crippen molar-refractivity contribution in [1.29, 1.82) is 0 Å². The van der Waals surface area contributed by atoms with E-state index in [-0.39, 0.29) is 10.9 Å². The van der Waals surface area contributed by atoms with Crippen LogP contribution in [0.1, 0.15) is 15.9 Å². The lowest BCUT2D eigenvalue weighted by atomic mass is 10.1. The zero-order valence-electron chi connectivity index (χ0n) is 13.2. The van der Waals surface area contributed by atoms with E-state index in [4.69, 9.17) is 11.6 Å². The van der Waals surface area contributed by atoms with Crippen molar-refractivity contribution in [3.63, 3.8) is 0 Å². The maximum Gasteiger partial charge on any atom is 0.255 e. The van der Waals surface area contributed by atoms with E-state index in [1.165, 1.54) is 23.1 Å². The molecule has 0 heterocycles. The first kappa shape index (κ1) is 17.5. The highest BCUT2D eigenvalue weighted by atomic mass is 35.5. The predicted molar refractivity (Wildman–Crippen MR) is 102 cm³/mol. The summed E-state index contributed by atoms with van der Waals surface area (Å²) in [5, 5.41) is 2.69. The number of hydrogen-bond donors (Lipinski definition) is 1. The van der Waals surface area contributed by atoms with Gasteiger partial charge in [0.05, 0.1) is 5.02 Å². The number of anilines is 1. The Balaban J connectivity index is 1.61. The molecular formula is C20H15ClFNOS. The van der Waals surface area contributed by atoms with Gasteiger partial charge in [-0.15, -0.1) is 11.8 Å². The van der Waals surface area contributed by atoms with Crippen molar-refractivity contribution < 1.29 is 9.18 Å². The smallest absolute Gasteiger partial charge is 0.255 e. The van der Waals surface area contributed by atoms with Crippen LogP contribution in [0.2, 0.25) is 5.02 Å². The van der Waals surface area contributed by atoms with Crippen LogP contribution in [-0.2, 0) is 5.75 Å². The Morgan fingerprint density at radius 3 is 2.40 bits per heavy atom. The van der Waals surface area contributed by atoms with Gasteiger partial charge in [-0.05, 0) is 48.0 Å². The fraction of sp³-hybridized carbons (Fsp3) is 0.0500. The molecule has 3 rings (SSSR count). The van der Waals surface area contributed by atoms with Gasteiger partial charge in [0.1, 0.15) is 5.82 Å². The first-order valence-electron chi connectivity index (χ1n) is 7.65. The van der Waals surface area contributed by atoms with Crippen molar-refractivity contribution in [3.05, 3.63) is 94.8 Å². The van der Waals surface area contributed by atoms with Crippen LogP contribution in [-0.4, -0.2) is 5.91 Å². The molecule has 0 aliphatic carbocycles. The molecule has 0 fully saturated rings. The standard InChI is InChI=1S/C20H15ClFNOS/c21-18-12-16(10-11-19(18)22)23-20(24)15-8-6-14(7-9-15)13-25-17-4-2-1-3-5-17/h1-12H,13H2,(H,23,24). The van der Waals surface area contributed by atoms with Gasteiger partial charge in [0.15, 0.2) is 0 Å². The minimum Gasteiger partial charge on any atom is -0.322 e. The van der Waals surface area contributed by atoms with Gasteiger partial charge in [-0.1, -0.05) is 41.9 Å². The van der Waals surface area contributed by atoms with Crippen LogP contribution in [0.4, 0.5) is 10.1 Å². The first-order chi connectivity index (χ1) is 12.1. The topological polar surface area (TPSA) is 29.1 Å². The molecular weight excluding hydrogens is 357 g/mol. The lowest BCUT2D eigenvalue weighted by Gasteiger charge is -2.07. The van der Waals surface area contributed by atoms with E-state index in [0.29, 0.717) is 11.3 Å². The van der Waals surface area contributed by atoms with Crippen LogP contribution in [0.5, 0.6) is 0 Å². The second-order valence-corrected chi connectivity index (χ2v) is 6.84. The molecule has 0 aromatic heterocycles. The molecule has 0 spiro atoms. The Labute approximate surface area is 155 Å². The van der Waals surface area contributed by atoms with Gasteiger partial charge in [-0.25, -0.2) is 4.39 Å². The van der Waals surface area contributed by atoms with Gasteiger partial charge in [-0.3, -0.25) is 4.79 Å². The Morgan fingerprint density at radius 2 is 1.72 bits per heavy atom. The number of carbonyl (C=O) groups excluding carboxylic acids is 1. The van der Waals surface area contributed by atoms with E-state index in [0.717, 1.165) is 11.3 Å². The second-order valence-electron chi connectivity index (χ2n) is 5.38. The highest BCUT2D eigenvalue weighted by Crippen LogP contribution is 2.23. The molecule has 5 heteroatoms. The summed E-state index contributed by atoms with van der Waals surface area (Å²) in [5.74, 6) is 0.0596. The van der Waals surface area contributed by atoms with Crippen molar-refractivity contribution in [3.8, 4) is 0 Å². The number of carbonyl (C=O) groups is 1. The van der Waals surface area contributed by atoms with Gasteiger partial charge < -0.3 is 5.32 Å². The summed E-state index contributed by atoms with van der Waals surface area (Å²) >= 11 is 7.46. The van der Waals surface area contributed by atoms with Gasteiger partial charge in [0.25, 0.3) is 5.91 Å². The van der Waals surface area contributed by atoms with E-state index in [1.807, 2.05) is 30.3 Å². The minimum atomic E-state index is -0.514. The third-order valence-corrected chi connectivity index (χ3v) is 4.92. The van der Waals surface area contributed by atoms with Gasteiger partial charge in [-0.2, -0.15) is 0 Å². The van der Waals surface area contributed by atoms with E-state index in [2.05, 4.69) is 17.4 Å². The molecule has 1 amide bonds. The van der Waals surface area contributed by atoms with E-state index >= 15 is 0 Å². The number of thioether (sulfide) groups is 1. The summed E-state index contributed by atoms with van der Waals surface area (Å²) in [6, 6.07) is 21.7. The van der Waals surface area contributed by atoms with E-state index < -0.39 is 5.82 Å². The molecule has 0 bridgehead atoms. The molecule has 0 aliphatic rings. The summed E-state index contributed by atoms with van der Waals surface area (Å²) in [6.45, 7) is 0. The normalized spacial score (nSPS) is 10.5. The van der Waals surface area contributed by atoms with Crippen molar-refractivity contribution in [2.45, 2.75) is 10.6 Å². The maximum absolute atomic E-state index is 13.2. The molecule has 3 aromatic rings. The summed E-state index contributed by atoms with van der Waals surface area (Å²) in [4.78, 5) is 13.5. The third-order valence-electron chi connectivity index (χ3n) is 3.54. The highest BCUT2D eigenvalue weighted by molar-refractivity contribution is 7.98. The van der Waals surface area contributed by atoms with Crippen LogP contribution in [0.25, 0.3) is 0 Å². The summed E-state index contributed by atoms with van der Waals surface area (Å²) in [5.41, 5.74) is 2.13. The lowest BCUT2D eigenvalue weighted by Crippen LogP contribution is -2.11. The summed E-state index contributed by atoms with van der Waals surface area (Å²) < 4.78 is 13.2. The molecule has 0 aliphatic heterocycles. The fourth-order valence-electron chi connectivity index (χ4n) is 2.21. The van der Waals surface area contributed by atoms with Crippen LogP contribution in [0.3, 0.4) is 0 Å². The molecule has 0 atom stereocenters. The quantitative estimate of drug-likeness (QED) is 0.555. The average molecular weight is 372 g/mol. The average Bonchev–Trinajstić information content (AvgIpc) is 2.64. The van der Waals surface area contributed by atoms with Crippen molar-refractivity contribution in [2.24, 2.45) is 0 Å². The number of halogens is 2. The van der Waals surface area contributed by atoms with E-state index in [9.17, 15) is 9.18 Å². The Kier molecular flexibility index (Phi) is 5.74. The molecule has 25 heavy (non-hydrogen) atoms. The summed E-state index contributed by atoms with van der Waals surface area (Å²) in [6.07, 6.45) is 0. The SMILES string of the molecule is O=C(Nc1ccc(F)c(Cl)c1)c1ccc(CSc2ccccc2)cc1. The number of nitrogens with one attached hydrogen (secondary N) is 1. The monoisotopic (exact) mass is 371 g/mol. The Morgan fingerprint density at radius 1 is 1.00 bits per heavy atom. The molecule has 0 radical (unpaired) electrons. The zero-order chi connectivity index (χ0) is 17.6. The van der Waals surface area contributed by atoms with Crippen molar-refractivity contribution in [2.75, 3.05) is 5.32 Å². The highest BCUT2D eigenvalue weighted by Gasteiger charge is 2.08. The zero-order valence-corrected chi connectivity index (χ0v) is 14.8. The van der Waals surface area contributed by atoms with Crippen LogP contribution < -0.4 is 5.32 Å². The van der Waals surface area contributed by atoms with Crippen LogP contribution in [0, 0.1) is 5.82 Å². The van der Waals surface area contributed by atoms with Crippen LogP contribution in [0.15, 0.2) is 77.7 Å². The second kappa shape index (κ2) is 8.19. The third kappa shape index (κ3) is 4.84. The van der Waals surface area contributed by atoms with Crippen LogP contribution >= 0.6 is 23.4 Å². The minimum absolute atomic E-state index is 0.0221. The lowest BCUT2D eigenvalue weighted by molar-refractivity contribution is 0.102. The van der Waals surface area contributed by atoms with Crippen molar-refractivity contribution >= 4 is 35.0 Å². The molecule has 0 unspecified atom stereocenters. The van der Waals surface area contributed by atoms with Gasteiger partial charge in [0, 0.05) is 21.9 Å². The van der Waals surface area contributed by atoms with Gasteiger partial charge >= 0.3 is 0 Å². The predicted octanol–water partition coefficient (Wildman–Crippen LogP) is 6.02. The first-order valence-corrected chi connectivity index (χ1v) is 9.01. The number of hydrogen-bond acceptors (Lipinski definition) is 2. The molecule has 0 saturated carbocycles. The Bertz CT molecular complexity index is 869. The largest absolute Gasteiger partial charge is 0.322 e. The number of rotatable bonds is 5. The summed E-state index contributed by atoms with van der Waals surface area (Å²) in [7, 11) is 0. The maximum atomic E-state index is 13.2. The molecule has 0 saturated heterocycles. The van der Waals surface area contributed by atoms with Crippen molar-refractivity contribution in [1.82, 2.24) is 0 Å². The number of amides is 1. The Hall–Kier alpha value is -2.30. The molecule has 1 N–H and O–H groups in total. The number of benzene rings is 3.